The number of aliphatic carboxylic acids is 1. The van der Waals surface area contributed by atoms with E-state index in [0.29, 0.717) is 35.1 Å². The summed E-state index contributed by atoms with van der Waals surface area (Å²) in [5, 5.41) is 10.6. The molecule has 0 saturated carbocycles. The Balaban J connectivity index is 1.49. The highest BCUT2D eigenvalue weighted by molar-refractivity contribution is 7.88. The molecular formula is C35H40Cl2N2O7S. The minimum absolute atomic E-state index is 0.0305. The van der Waals surface area contributed by atoms with Gasteiger partial charge in [0.1, 0.15) is 11.4 Å². The first kappa shape index (κ1) is 35.2. The molecule has 2 aliphatic heterocycles. The van der Waals surface area contributed by atoms with Gasteiger partial charge in [0, 0.05) is 41.2 Å². The van der Waals surface area contributed by atoms with Gasteiger partial charge in [-0.05, 0) is 86.2 Å². The number of nitrogens with one attached hydrogen (secondary N) is 1. The lowest BCUT2D eigenvalue weighted by Crippen LogP contribution is -2.54. The van der Waals surface area contributed by atoms with Crippen molar-refractivity contribution in [1.82, 2.24) is 9.62 Å². The molecular weight excluding hydrogens is 663 g/mol. The van der Waals surface area contributed by atoms with Crippen LogP contribution in [0.5, 0.6) is 5.75 Å². The lowest BCUT2D eigenvalue weighted by atomic mass is 9.70. The zero-order valence-electron chi connectivity index (χ0n) is 26.6. The third-order valence-corrected chi connectivity index (χ3v) is 10.1. The van der Waals surface area contributed by atoms with Crippen LogP contribution in [-0.4, -0.2) is 61.4 Å². The average molecular weight is 704 g/mol. The molecule has 3 aromatic rings. The van der Waals surface area contributed by atoms with Crippen LogP contribution in [0.4, 0.5) is 0 Å². The summed E-state index contributed by atoms with van der Waals surface area (Å²) in [5.41, 5.74) is 2.81. The molecule has 0 radical (unpaired) electrons. The first-order valence-electron chi connectivity index (χ1n) is 15.6. The number of sulfonamides is 1. The van der Waals surface area contributed by atoms with Crippen LogP contribution >= 0.6 is 23.2 Å². The molecule has 0 aliphatic carbocycles. The van der Waals surface area contributed by atoms with E-state index >= 15 is 0 Å². The van der Waals surface area contributed by atoms with E-state index in [9.17, 15) is 23.1 Å². The first-order valence-corrected chi connectivity index (χ1v) is 18.2. The van der Waals surface area contributed by atoms with Gasteiger partial charge in [0.15, 0.2) is 0 Å². The molecule has 47 heavy (non-hydrogen) atoms. The Bertz CT molecular complexity index is 1730. The molecule has 3 aromatic carbocycles. The fourth-order valence-electron chi connectivity index (χ4n) is 6.61. The maximum Gasteiger partial charge on any atom is 0.305 e. The van der Waals surface area contributed by atoms with Crippen molar-refractivity contribution in [1.29, 1.82) is 0 Å². The Hall–Kier alpha value is -3.15. The smallest absolute Gasteiger partial charge is 0.305 e. The molecule has 9 nitrogen and oxygen atoms in total. The van der Waals surface area contributed by atoms with Crippen molar-refractivity contribution in [2.75, 3.05) is 19.3 Å². The van der Waals surface area contributed by atoms with E-state index in [-0.39, 0.29) is 37.9 Å². The Morgan fingerprint density at radius 2 is 1.68 bits per heavy atom. The number of fused-ring (bicyclic) bond motifs is 3. The molecule has 1 fully saturated rings. The van der Waals surface area contributed by atoms with Gasteiger partial charge in [0.25, 0.3) is 0 Å². The van der Waals surface area contributed by atoms with E-state index < -0.39 is 39.7 Å². The van der Waals surface area contributed by atoms with Crippen molar-refractivity contribution in [2.24, 2.45) is 11.8 Å². The highest BCUT2D eigenvalue weighted by Gasteiger charge is 2.52. The minimum atomic E-state index is -3.32. The molecule has 252 valence electrons. The summed E-state index contributed by atoms with van der Waals surface area (Å²) in [7, 11) is -3.32. The fraction of sp³-hybridized carbons (Fsp3) is 0.429. The van der Waals surface area contributed by atoms with Gasteiger partial charge in [-0.25, -0.2) is 13.1 Å². The summed E-state index contributed by atoms with van der Waals surface area (Å²) < 4.78 is 39.3. The predicted octanol–water partition coefficient (Wildman–Crippen LogP) is 6.06. The molecule has 0 bridgehead atoms. The second-order valence-corrected chi connectivity index (χ2v) is 15.6. The highest BCUT2D eigenvalue weighted by Crippen LogP contribution is 2.52. The Labute approximate surface area is 286 Å². The van der Waals surface area contributed by atoms with Crippen molar-refractivity contribution in [3.63, 3.8) is 0 Å². The Kier molecular flexibility index (Phi) is 10.9. The third-order valence-electron chi connectivity index (χ3n) is 8.88. The second-order valence-electron chi connectivity index (χ2n) is 12.9. The number of carbonyl (C=O) groups is 2. The van der Waals surface area contributed by atoms with Crippen LogP contribution < -0.4 is 9.46 Å². The lowest BCUT2D eigenvalue weighted by Gasteiger charge is -2.51. The van der Waals surface area contributed by atoms with Crippen molar-refractivity contribution in [3.05, 3.63) is 99.0 Å². The van der Waals surface area contributed by atoms with E-state index in [0.717, 1.165) is 28.5 Å². The minimum Gasteiger partial charge on any atom is -0.487 e. The number of amides is 1. The third kappa shape index (κ3) is 9.06. The van der Waals surface area contributed by atoms with Crippen LogP contribution in [-0.2, 0) is 43.7 Å². The molecule has 1 saturated heterocycles. The maximum absolute atomic E-state index is 14.5. The maximum atomic E-state index is 14.5. The topological polar surface area (TPSA) is 122 Å². The molecule has 2 heterocycles. The van der Waals surface area contributed by atoms with Gasteiger partial charge in [-0.3, -0.25) is 9.59 Å². The van der Waals surface area contributed by atoms with Crippen LogP contribution in [0.25, 0.3) is 0 Å². The van der Waals surface area contributed by atoms with Gasteiger partial charge in [-0.2, -0.15) is 0 Å². The number of carbonyl (C=O) groups excluding carboxylic acids is 1. The standard InChI is InChI=1S/C35H40Cl2N2O7S/c1-35(2)29-20-28(34(42)39(15-13-32(40)41)21-24-7-5-9-26(37)17-24)31(19-23-6-4-8-25(36)16-23)45-33(29)27-18-22(10-11-30(27)46-35)12-14-38-47(3,43)44/h4-11,16-18,28-29,31,33,38H,12-15,19-21H2,1-3H3,(H,40,41)/t28-,29-,31-,33+/m1/s1. The van der Waals surface area contributed by atoms with Crippen molar-refractivity contribution < 1.29 is 32.6 Å². The normalized spacial score (nSPS) is 21.6. The quantitative estimate of drug-likeness (QED) is 0.235. The molecule has 1 amide bonds. The molecule has 0 spiro atoms. The number of carboxylic acid groups (broad SMARTS) is 1. The van der Waals surface area contributed by atoms with E-state index in [2.05, 4.69) is 4.72 Å². The number of hydrogen-bond donors (Lipinski definition) is 2. The lowest BCUT2D eigenvalue weighted by molar-refractivity contribution is -0.184. The molecule has 2 N–H and O–H groups in total. The van der Waals surface area contributed by atoms with Gasteiger partial charge < -0.3 is 19.5 Å². The number of carboxylic acids is 1. The number of benzene rings is 3. The van der Waals surface area contributed by atoms with Crippen LogP contribution in [0.2, 0.25) is 10.0 Å². The molecule has 0 unspecified atom stereocenters. The average Bonchev–Trinajstić information content (AvgIpc) is 2.98. The Morgan fingerprint density at radius 3 is 2.34 bits per heavy atom. The number of rotatable bonds is 12. The summed E-state index contributed by atoms with van der Waals surface area (Å²) >= 11 is 12.6. The summed E-state index contributed by atoms with van der Waals surface area (Å²) in [6, 6.07) is 20.5. The predicted molar refractivity (Wildman–Crippen MR) is 181 cm³/mol. The van der Waals surface area contributed by atoms with Crippen molar-refractivity contribution >= 4 is 45.1 Å². The largest absolute Gasteiger partial charge is 0.487 e. The van der Waals surface area contributed by atoms with Crippen LogP contribution in [0.15, 0.2) is 66.7 Å². The van der Waals surface area contributed by atoms with E-state index in [1.807, 2.05) is 56.3 Å². The van der Waals surface area contributed by atoms with Crippen molar-refractivity contribution in [3.8, 4) is 5.75 Å². The van der Waals surface area contributed by atoms with Crippen LogP contribution in [0, 0.1) is 11.8 Å². The summed E-state index contributed by atoms with van der Waals surface area (Å²) in [6.45, 7) is 4.48. The molecule has 12 heteroatoms. The monoisotopic (exact) mass is 702 g/mol. The molecule has 2 aliphatic rings. The van der Waals surface area contributed by atoms with E-state index in [4.69, 9.17) is 32.7 Å². The van der Waals surface area contributed by atoms with Gasteiger partial charge >= 0.3 is 5.97 Å². The number of halogens is 2. The van der Waals surface area contributed by atoms with E-state index in [1.165, 1.54) is 0 Å². The Morgan fingerprint density at radius 1 is 1.00 bits per heavy atom. The van der Waals surface area contributed by atoms with Crippen LogP contribution in [0.1, 0.15) is 55.0 Å². The molecule has 5 rings (SSSR count). The second kappa shape index (κ2) is 14.5. The summed E-state index contributed by atoms with van der Waals surface area (Å²) in [5.74, 6) is -1.32. The van der Waals surface area contributed by atoms with Gasteiger partial charge in [0.2, 0.25) is 15.9 Å². The van der Waals surface area contributed by atoms with E-state index in [1.54, 1.807) is 29.2 Å². The van der Waals surface area contributed by atoms with Crippen LogP contribution in [0.3, 0.4) is 0 Å². The SMILES string of the molecule is CC1(C)Oc2ccc(CCNS(C)(=O)=O)cc2[C@@H]2O[C@H](Cc3cccc(Cl)c3)[C@H](C(=O)N(CCC(=O)O)Cc3cccc(Cl)c3)C[C@H]21. The first-order chi connectivity index (χ1) is 22.2. The fourth-order valence-corrected chi connectivity index (χ4v) is 7.51. The zero-order valence-corrected chi connectivity index (χ0v) is 28.9. The number of hydrogen-bond acceptors (Lipinski definition) is 6. The van der Waals surface area contributed by atoms with Gasteiger partial charge in [0.05, 0.1) is 30.8 Å². The highest BCUT2D eigenvalue weighted by atomic mass is 35.5. The van der Waals surface area contributed by atoms with Crippen molar-refractivity contribution in [2.45, 2.75) is 63.9 Å². The van der Waals surface area contributed by atoms with Gasteiger partial charge in [-0.15, -0.1) is 0 Å². The number of ether oxygens (including phenoxy) is 2. The summed E-state index contributed by atoms with van der Waals surface area (Å²) in [6.07, 6.45) is 1.32. The molecule has 0 aromatic heterocycles. The summed E-state index contributed by atoms with van der Waals surface area (Å²) in [4.78, 5) is 27.8. The zero-order chi connectivity index (χ0) is 33.9. The number of nitrogens with zero attached hydrogens (tertiary/aromatic N) is 1. The van der Waals surface area contributed by atoms with Gasteiger partial charge in [-0.1, -0.05) is 53.5 Å². The molecule has 4 atom stereocenters.